The molecule has 1 rings (SSSR count). The van der Waals surface area contributed by atoms with Gasteiger partial charge in [-0.2, -0.15) is 0 Å². The summed E-state index contributed by atoms with van der Waals surface area (Å²) in [4.78, 5) is 0. The van der Waals surface area contributed by atoms with Gasteiger partial charge in [-0.25, -0.2) is 0 Å². The second-order valence-electron chi connectivity index (χ2n) is 4.56. The molecule has 1 heteroatoms. The predicted molar refractivity (Wildman–Crippen MR) is 67.2 cm³/mol. The van der Waals surface area contributed by atoms with Crippen LogP contribution in [0.3, 0.4) is 0 Å². The van der Waals surface area contributed by atoms with Gasteiger partial charge in [0.2, 0.25) is 0 Å². The maximum Gasteiger partial charge on any atom is 0.0296 e. The maximum atomic E-state index is 3.61. The Labute approximate surface area is 93.9 Å². The molecule has 2 unspecified atom stereocenters. The van der Waals surface area contributed by atoms with E-state index in [1.807, 2.05) is 0 Å². The van der Waals surface area contributed by atoms with E-state index >= 15 is 0 Å². The number of hydrogen-bond acceptors (Lipinski definition) is 1. The van der Waals surface area contributed by atoms with Crippen molar-refractivity contribution in [1.29, 1.82) is 0 Å². The van der Waals surface area contributed by atoms with Crippen molar-refractivity contribution in [2.45, 2.75) is 53.1 Å². The highest BCUT2D eigenvalue weighted by molar-refractivity contribution is 5.32. The summed E-state index contributed by atoms with van der Waals surface area (Å²) < 4.78 is 0. The minimum absolute atomic E-state index is 0.445. The van der Waals surface area contributed by atoms with Gasteiger partial charge in [-0.1, -0.05) is 30.7 Å². The van der Waals surface area contributed by atoms with E-state index in [1.165, 1.54) is 23.1 Å². The Bertz CT molecular complexity index is 317. The molecule has 0 saturated heterocycles. The lowest BCUT2D eigenvalue weighted by molar-refractivity contribution is 0.468. The zero-order chi connectivity index (χ0) is 11.4. The van der Waals surface area contributed by atoms with Gasteiger partial charge in [0.1, 0.15) is 0 Å². The lowest BCUT2D eigenvalue weighted by Crippen LogP contribution is -2.28. The standard InChI is InChI=1S/C14H23N/c1-6-12(4)15-13(5)14-8-7-10(2)9-11(14)3/h7-9,12-13,15H,6H2,1-5H3. The first-order valence-corrected chi connectivity index (χ1v) is 5.87. The van der Waals surface area contributed by atoms with Crippen LogP contribution in [0.5, 0.6) is 0 Å². The third kappa shape index (κ3) is 3.35. The highest BCUT2D eigenvalue weighted by Gasteiger charge is 2.09. The van der Waals surface area contributed by atoms with Crippen LogP contribution in [0.1, 0.15) is 49.9 Å². The number of benzene rings is 1. The fourth-order valence-corrected chi connectivity index (χ4v) is 1.95. The van der Waals surface area contributed by atoms with E-state index in [4.69, 9.17) is 0 Å². The van der Waals surface area contributed by atoms with Gasteiger partial charge >= 0.3 is 0 Å². The highest BCUT2D eigenvalue weighted by Crippen LogP contribution is 2.19. The SMILES string of the molecule is CCC(C)NC(C)c1ccc(C)cc1C. The summed E-state index contributed by atoms with van der Waals surface area (Å²) in [6.07, 6.45) is 1.18. The summed E-state index contributed by atoms with van der Waals surface area (Å²) >= 11 is 0. The summed E-state index contributed by atoms with van der Waals surface area (Å²) in [7, 11) is 0. The van der Waals surface area contributed by atoms with Gasteiger partial charge in [0.25, 0.3) is 0 Å². The molecule has 0 bridgehead atoms. The molecule has 0 spiro atoms. The minimum Gasteiger partial charge on any atom is -0.308 e. The predicted octanol–water partition coefficient (Wildman–Crippen LogP) is 3.75. The third-order valence-electron chi connectivity index (χ3n) is 3.04. The third-order valence-corrected chi connectivity index (χ3v) is 3.04. The largest absolute Gasteiger partial charge is 0.308 e. The van der Waals surface area contributed by atoms with Crippen molar-refractivity contribution >= 4 is 0 Å². The summed E-state index contributed by atoms with van der Waals surface area (Å²) in [6, 6.07) is 7.72. The molecule has 2 atom stereocenters. The van der Waals surface area contributed by atoms with E-state index in [-0.39, 0.29) is 0 Å². The number of rotatable bonds is 4. The summed E-state index contributed by atoms with van der Waals surface area (Å²) in [5.41, 5.74) is 4.14. The quantitative estimate of drug-likeness (QED) is 0.789. The molecule has 0 aromatic heterocycles. The molecule has 1 nitrogen and oxygen atoms in total. The second kappa shape index (κ2) is 5.32. The molecular weight excluding hydrogens is 182 g/mol. The molecule has 1 aromatic carbocycles. The van der Waals surface area contributed by atoms with Gasteiger partial charge in [-0.3, -0.25) is 0 Å². The topological polar surface area (TPSA) is 12.0 Å². The molecule has 0 radical (unpaired) electrons. The van der Waals surface area contributed by atoms with Crippen molar-refractivity contribution in [3.63, 3.8) is 0 Å². The zero-order valence-electron chi connectivity index (χ0n) is 10.6. The van der Waals surface area contributed by atoms with Crippen molar-refractivity contribution < 1.29 is 0 Å². The van der Waals surface area contributed by atoms with Crippen LogP contribution in [0.15, 0.2) is 18.2 Å². The van der Waals surface area contributed by atoms with E-state index < -0.39 is 0 Å². The van der Waals surface area contributed by atoms with Gasteiger partial charge in [-0.05, 0) is 45.2 Å². The molecule has 0 fully saturated rings. The van der Waals surface area contributed by atoms with Crippen LogP contribution in [0.2, 0.25) is 0 Å². The van der Waals surface area contributed by atoms with Gasteiger partial charge in [0.05, 0.1) is 0 Å². The molecule has 1 aromatic rings. The van der Waals surface area contributed by atoms with Crippen LogP contribution < -0.4 is 5.32 Å². The molecule has 0 aliphatic heterocycles. The molecule has 1 N–H and O–H groups in total. The molecule has 84 valence electrons. The smallest absolute Gasteiger partial charge is 0.0296 e. The van der Waals surface area contributed by atoms with Crippen molar-refractivity contribution in [3.8, 4) is 0 Å². The maximum absolute atomic E-state index is 3.61. The molecule has 0 aliphatic rings. The number of nitrogens with one attached hydrogen (secondary N) is 1. The van der Waals surface area contributed by atoms with Gasteiger partial charge in [0.15, 0.2) is 0 Å². The minimum atomic E-state index is 0.445. The lowest BCUT2D eigenvalue weighted by atomic mass is 9.99. The van der Waals surface area contributed by atoms with Crippen LogP contribution in [-0.2, 0) is 0 Å². The summed E-state index contributed by atoms with van der Waals surface area (Å²) in [5, 5.41) is 3.61. The van der Waals surface area contributed by atoms with Gasteiger partial charge in [0, 0.05) is 12.1 Å². The number of hydrogen-bond donors (Lipinski definition) is 1. The molecule has 0 heterocycles. The van der Waals surface area contributed by atoms with E-state index in [0.717, 1.165) is 0 Å². The monoisotopic (exact) mass is 205 g/mol. The Kier molecular flexibility index (Phi) is 4.34. The summed E-state index contributed by atoms with van der Waals surface area (Å²) in [5.74, 6) is 0. The Morgan fingerprint density at radius 1 is 1.20 bits per heavy atom. The van der Waals surface area contributed by atoms with E-state index in [9.17, 15) is 0 Å². The Hall–Kier alpha value is -0.820. The van der Waals surface area contributed by atoms with E-state index in [1.54, 1.807) is 0 Å². The van der Waals surface area contributed by atoms with Crippen LogP contribution in [0, 0.1) is 13.8 Å². The van der Waals surface area contributed by atoms with Crippen LogP contribution in [0.4, 0.5) is 0 Å². The first-order valence-electron chi connectivity index (χ1n) is 5.87. The highest BCUT2D eigenvalue weighted by atomic mass is 14.9. The van der Waals surface area contributed by atoms with Crippen molar-refractivity contribution in [2.75, 3.05) is 0 Å². The van der Waals surface area contributed by atoms with Crippen molar-refractivity contribution in [3.05, 3.63) is 34.9 Å². The van der Waals surface area contributed by atoms with Crippen LogP contribution >= 0.6 is 0 Å². The first-order chi connectivity index (χ1) is 7.04. The Morgan fingerprint density at radius 3 is 2.40 bits per heavy atom. The fraction of sp³-hybridized carbons (Fsp3) is 0.571. The average molecular weight is 205 g/mol. The first kappa shape index (κ1) is 12.3. The number of aryl methyl sites for hydroxylation is 2. The van der Waals surface area contributed by atoms with Crippen molar-refractivity contribution in [1.82, 2.24) is 5.32 Å². The van der Waals surface area contributed by atoms with Gasteiger partial charge in [-0.15, -0.1) is 0 Å². The summed E-state index contributed by atoms with van der Waals surface area (Å²) in [6.45, 7) is 11.0. The second-order valence-corrected chi connectivity index (χ2v) is 4.56. The van der Waals surface area contributed by atoms with E-state index in [2.05, 4.69) is 58.1 Å². The van der Waals surface area contributed by atoms with Gasteiger partial charge < -0.3 is 5.32 Å². The Balaban J connectivity index is 2.77. The fourth-order valence-electron chi connectivity index (χ4n) is 1.95. The van der Waals surface area contributed by atoms with Crippen LogP contribution in [0.25, 0.3) is 0 Å². The molecule has 15 heavy (non-hydrogen) atoms. The molecule has 0 saturated carbocycles. The molecule has 0 aliphatic carbocycles. The molecule has 0 amide bonds. The van der Waals surface area contributed by atoms with Crippen LogP contribution in [-0.4, -0.2) is 6.04 Å². The lowest BCUT2D eigenvalue weighted by Gasteiger charge is -2.21. The molecular formula is C14H23N. The van der Waals surface area contributed by atoms with E-state index in [0.29, 0.717) is 12.1 Å². The normalized spacial score (nSPS) is 15.0. The van der Waals surface area contributed by atoms with Crippen molar-refractivity contribution in [2.24, 2.45) is 0 Å². The average Bonchev–Trinajstić information content (AvgIpc) is 2.17. The Morgan fingerprint density at radius 2 is 1.87 bits per heavy atom. The zero-order valence-corrected chi connectivity index (χ0v) is 10.6.